The lowest BCUT2D eigenvalue weighted by atomic mass is 9.80. The van der Waals surface area contributed by atoms with Crippen LogP contribution >= 0.6 is 0 Å². The van der Waals surface area contributed by atoms with Crippen LogP contribution in [0.2, 0.25) is 0 Å². The number of fused-ring (bicyclic) bond motifs is 2. The van der Waals surface area contributed by atoms with Crippen molar-refractivity contribution in [3.63, 3.8) is 0 Å². The van der Waals surface area contributed by atoms with Gasteiger partial charge in [-0.25, -0.2) is 0 Å². The molecule has 0 saturated carbocycles. The van der Waals surface area contributed by atoms with Crippen molar-refractivity contribution < 1.29 is 24.0 Å². The summed E-state index contributed by atoms with van der Waals surface area (Å²) in [5.41, 5.74) is 3.98. The highest BCUT2D eigenvalue weighted by Gasteiger charge is 2.48. The van der Waals surface area contributed by atoms with Crippen LogP contribution in [0.3, 0.4) is 0 Å². The van der Waals surface area contributed by atoms with Gasteiger partial charge in [0.15, 0.2) is 0 Å². The minimum Gasteiger partial charge on any atom is -0.490 e. The largest absolute Gasteiger partial charge is 0.490 e. The van der Waals surface area contributed by atoms with Gasteiger partial charge < -0.3 is 19.3 Å². The van der Waals surface area contributed by atoms with Crippen molar-refractivity contribution in [1.82, 2.24) is 15.0 Å². The number of unbranched alkanes of at least 4 members (excludes halogenated alkanes) is 1. The summed E-state index contributed by atoms with van der Waals surface area (Å²) in [6, 6.07) is 13.5. The maximum atomic E-state index is 12.9. The summed E-state index contributed by atoms with van der Waals surface area (Å²) >= 11 is 0. The lowest BCUT2D eigenvalue weighted by molar-refractivity contribution is -0.137. The van der Waals surface area contributed by atoms with E-state index in [1.165, 1.54) is 0 Å². The minimum absolute atomic E-state index is 0.0504. The molecule has 0 bridgehead atoms. The van der Waals surface area contributed by atoms with Crippen LogP contribution in [0.5, 0.6) is 5.75 Å². The van der Waals surface area contributed by atoms with Crippen LogP contribution in [-0.4, -0.2) is 51.2 Å². The van der Waals surface area contributed by atoms with Crippen LogP contribution < -0.4 is 4.74 Å². The molecule has 38 heavy (non-hydrogen) atoms. The van der Waals surface area contributed by atoms with E-state index >= 15 is 0 Å². The van der Waals surface area contributed by atoms with Gasteiger partial charge in [-0.2, -0.15) is 10.2 Å². The second kappa shape index (κ2) is 10.3. The van der Waals surface area contributed by atoms with Gasteiger partial charge in [-0.05, 0) is 68.9 Å². The van der Waals surface area contributed by atoms with Gasteiger partial charge in [0.25, 0.3) is 5.89 Å². The molecule has 1 amide bonds. The first-order valence-corrected chi connectivity index (χ1v) is 13.0. The third kappa shape index (κ3) is 4.86. The Labute approximate surface area is 221 Å². The zero-order chi connectivity index (χ0) is 26.9. The normalized spacial score (nSPS) is 18.3. The fourth-order valence-electron chi connectivity index (χ4n) is 5.66. The van der Waals surface area contributed by atoms with Crippen LogP contribution in [0.4, 0.5) is 0 Å². The molecular weight excluding hydrogens is 484 g/mol. The molecule has 2 aliphatic rings. The smallest absolute Gasteiger partial charge is 0.303 e. The van der Waals surface area contributed by atoms with Gasteiger partial charge in [-0.1, -0.05) is 23.4 Å². The lowest BCUT2D eigenvalue weighted by Crippen LogP contribution is -2.30. The second-order valence-electron chi connectivity index (χ2n) is 10.4. The average Bonchev–Trinajstić information content (AvgIpc) is 3.60. The van der Waals surface area contributed by atoms with Crippen LogP contribution in [0.15, 0.2) is 40.9 Å². The molecule has 1 aromatic heterocycles. The lowest BCUT2D eigenvalue weighted by Gasteiger charge is -2.25. The summed E-state index contributed by atoms with van der Waals surface area (Å²) in [6.45, 7) is 5.05. The van der Waals surface area contributed by atoms with E-state index in [0.29, 0.717) is 60.9 Å². The van der Waals surface area contributed by atoms with E-state index in [4.69, 9.17) is 14.4 Å². The van der Waals surface area contributed by atoms with Gasteiger partial charge in [0.05, 0.1) is 11.7 Å². The Morgan fingerprint density at radius 3 is 2.89 bits per heavy atom. The van der Waals surface area contributed by atoms with Gasteiger partial charge in [0, 0.05) is 42.5 Å². The molecule has 1 aliphatic heterocycles. The Morgan fingerprint density at radius 2 is 2.13 bits per heavy atom. The van der Waals surface area contributed by atoms with Crippen molar-refractivity contribution in [1.29, 1.82) is 5.26 Å². The van der Waals surface area contributed by atoms with E-state index in [9.17, 15) is 14.9 Å². The molecule has 196 valence electrons. The van der Waals surface area contributed by atoms with E-state index in [0.717, 1.165) is 29.5 Å². The Hall–Kier alpha value is -4.19. The molecule has 2 heterocycles. The third-order valence-corrected chi connectivity index (χ3v) is 7.38. The summed E-state index contributed by atoms with van der Waals surface area (Å²) in [5.74, 6) is 0.628. The maximum Gasteiger partial charge on any atom is 0.303 e. The summed E-state index contributed by atoms with van der Waals surface area (Å²) in [4.78, 5) is 30.2. The quantitative estimate of drug-likeness (QED) is 0.406. The number of carboxylic acids is 1. The first-order valence-electron chi connectivity index (χ1n) is 13.0. The highest BCUT2D eigenvalue weighted by atomic mass is 16.5. The number of carbonyl (C=O) groups excluding carboxylic acids is 1. The Bertz CT molecular complexity index is 1420. The SMILES string of the molecule is CC(C)Oc1ccc(-c2nc(-c3cccc4c3CCC43CC(=O)N(CCCCC(=O)O)C3)no2)cc1C#N. The van der Waals surface area contributed by atoms with Crippen LogP contribution in [0.25, 0.3) is 22.8 Å². The molecule has 1 spiro atoms. The van der Waals surface area contributed by atoms with Crippen molar-refractivity contribution in [2.75, 3.05) is 13.1 Å². The number of benzene rings is 2. The van der Waals surface area contributed by atoms with Gasteiger partial charge in [-0.3, -0.25) is 9.59 Å². The fourth-order valence-corrected chi connectivity index (χ4v) is 5.66. The van der Waals surface area contributed by atoms with Crippen molar-refractivity contribution in [3.05, 3.63) is 53.1 Å². The van der Waals surface area contributed by atoms with Crippen molar-refractivity contribution in [2.24, 2.45) is 0 Å². The van der Waals surface area contributed by atoms with Gasteiger partial charge in [0.1, 0.15) is 11.8 Å². The number of nitriles is 1. The van der Waals surface area contributed by atoms with E-state index in [1.54, 1.807) is 18.2 Å². The standard InChI is InChI=1S/C29H30N4O5/c1-18(2)37-24-10-9-19(14-20(24)16-30)28-31-27(32-38-28)22-6-5-7-23-21(22)11-12-29(23)15-25(34)33(17-29)13-4-3-8-26(35)36/h5-7,9-10,14,18H,3-4,8,11-13,15,17H2,1-2H3,(H,35,36). The molecule has 2 aromatic carbocycles. The predicted molar refractivity (Wildman–Crippen MR) is 138 cm³/mol. The van der Waals surface area contributed by atoms with Crippen LogP contribution in [0, 0.1) is 11.3 Å². The molecule has 1 N–H and O–H groups in total. The number of carboxylic acid groups (broad SMARTS) is 1. The highest BCUT2D eigenvalue weighted by molar-refractivity contribution is 5.82. The molecule has 9 nitrogen and oxygen atoms in total. The minimum atomic E-state index is -0.807. The van der Waals surface area contributed by atoms with Gasteiger partial charge in [-0.15, -0.1) is 0 Å². The van der Waals surface area contributed by atoms with Crippen molar-refractivity contribution >= 4 is 11.9 Å². The van der Waals surface area contributed by atoms with E-state index in [1.807, 2.05) is 30.9 Å². The zero-order valence-corrected chi connectivity index (χ0v) is 21.6. The van der Waals surface area contributed by atoms with Gasteiger partial charge >= 0.3 is 5.97 Å². The number of aromatic nitrogens is 2. The van der Waals surface area contributed by atoms with Crippen LogP contribution in [-0.2, 0) is 21.4 Å². The van der Waals surface area contributed by atoms with E-state index in [-0.39, 0.29) is 23.8 Å². The first kappa shape index (κ1) is 25.5. The number of likely N-dealkylation sites (tertiary alicyclic amines) is 1. The summed E-state index contributed by atoms with van der Waals surface area (Å²) < 4.78 is 11.3. The first-order chi connectivity index (χ1) is 18.3. The molecule has 3 aromatic rings. The molecule has 5 rings (SSSR count). The summed E-state index contributed by atoms with van der Waals surface area (Å²) in [6.07, 6.45) is 3.47. The monoisotopic (exact) mass is 514 g/mol. The molecule has 1 aliphatic carbocycles. The Balaban J connectivity index is 1.37. The fraction of sp³-hybridized carbons (Fsp3) is 0.414. The maximum absolute atomic E-state index is 12.9. The summed E-state index contributed by atoms with van der Waals surface area (Å²) in [7, 11) is 0. The molecule has 9 heteroatoms. The second-order valence-corrected chi connectivity index (χ2v) is 10.4. The number of ether oxygens (including phenoxy) is 1. The predicted octanol–water partition coefficient (Wildman–Crippen LogP) is 4.73. The molecular formula is C29H30N4O5. The zero-order valence-electron chi connectivity index (χ0n) is 21.6. The van der Waals surface area contributed by atoms with Crippen molar-refractivity contribution in [3.8, 4) is 34.7 Å². The molecule has 1 saturated heterocycles. The Kier molecular flexibility index (Phi) is 6.89. The van der Waals surface area contributed by atoms with Crippen molar-refractivity contribution in [2.45, 2.75) is 63.9 Å². The summed E-state index contributed by atoms with van der Waals surface area (Å²) in [5, 5.41) is 22.7. The molecule has 1 atom stereocenters. The number of hydrogen-bond donors (Lipinski definition) is 1. The molecule has 0 radical (unpaired) electrons. The number of carbonyl (C=O) groups is 2. The Morgan fingerprint density at radius 1 is 1.29 bits per heavy atom. The van der Waals surface area contributed by atoms with Crippen LogP contribution in [0.1, 0.15) is 62.6 Å². The average molecular weight is 515 g/mol. The van der Waals surface area contributed by atoms with E-state index < -0.39 is 5.97 Å². The molecule has 1 unspecified atom stereocenters. The number of rotatable bonds is 9. The number of hydrogen-bond acceptors (Lipinski definition) is 7. The topological polar surface area (TPSA) is 130 Å². The number of aliphatic carboxylic acids is 1. The number of amides is 1. The van der Waals surface area contributed by atoms with E-state index in [2.05, 4.69) is 22.3 Å². The molecule has 1 fully saturated rings. The highest BCUT2D eigenvalue weighted by Crippen LogP contribution is 2.48. The third-order valence-electron chi connectivity index (χ3n) is 7.38. The van der Waals surface area contributed by atoms with Gasteiger partial charge in [0.2, 0.25) is 11.7 Å². The number of nitrogens with zero attached hydrogens (tertiary/aromatic N) is 4.